The quantitative estimate of drug-likeness (QED) is 0.516. The minimum atomic E-state index is -0.579. The summed E-state index contributed by atoms with van der Waals surface area (Å²) < 4.78 is 8.85. The number of benzene rings is 1. The average Bonchev–Trinajstić information content (AvgIpc) is 3.16. The number of amides is 1. The molecule has 9 nitrogen and oxygen atoms in total. The van der Waals surface area contributed by atoms with Gasteiger partial charge < -0.3 is 28.9 Å². The molecule has 3 heterocycles. The molecule has 0 aliphatic carbocycles. The fraction of sp³-hybridized carbons (Fsp3) is 0.462. The van der Waals surface area contributed by atoms with Crippen LogP contribution >= 0.6 is 11.6 Å². The molecule has 0 spiro atoms. The zero-order valence-electron chi connectivity index (χ0n) is 21.0. The van der Waals surface area contributed by atoms with E-state index in [1.807, 2.05) is 55.7 Å². The first-order valence-electron chi connectivity index (χ1n) is 12.0. The Balaban J connectivity index is 1.74. The van der Waals surface area contributed by atoms with E-state index in [0.29, 0.717) is 40.8 Å². The Morgan fingerprint density at radius 1 is 1.33 bits per heavy atom. The first-order valence-corrected chi connectivity index (χ1v) is 12.4. The number of hydrogen-bond acceptors (Lipinski definition) is 5. The molecule has 10 heteroatoms. The molecule has 2 aromatic heterocycles. The monoisotopic (exact) mass is 510 g/mol. The van der Waals surface area contributed by atoms with Crippen molar-refractivity contribution in [3.05, 3.63) is 68.4 Å². The largest absolute Gasteiger partial charge is 0.444 e. The second-order valence-electron chi connectivity index (χ2n) is 10.1. The van der Waals surface area contributed by atoms with Crippen LogP contribution in [0.25, 0.3) is 15.9 Å². The Morgan fingerprint density at radius 3 is 2.78 bits per heavy atom. The number of ether oxygens (including phenoxy) is 1. The summed E-state index contributed by atoms with van der Waals surface area (Å²) in [4.78, 5) is 36.2. The van der Waals surface area contributed by atoms with Crippen LogP contribution in [0.4, 0.5) is 10.7 Å². The molecule has 4 rings (SSSR count). The molecule has 1 aromatic carbocycles. The minimum absolute atomic E-state index is 0.0972. The lowest BCUT2D eigenvalue weighted by Gasteiger charge is -2.34. The Bertz CT molecular complexity index is 1380. The third-order valence-corrected chi connectivity index (χ3v) is 6.54. The standard InChI is InChI=1S/C26H31ClN6O3/c1-26(2,3)36-25(35)29-18-10-8-12-32(16-18)24-30-21-13-19(14-28-4)31(5)23(34)22(21)33(24)15-17-9-6-7-11-20(17)27/h6-7,9,11,13,18H,8,10,12,14-16H2,1-3,5H3,(H,29,35)/t18-/m1/s1. The zero-order valence-corrected chi connectivity index (χ0v) is 21.8. The molecule has 1 aliphatic heterocycles. The number of imidazole rings is 1. The summed E-state index contributed by atoms with van der Waals surface area (Å²) in [5.41, 5.74) is 1.69. The van der Waals surface area contributed by atoms with Crippen molar-refractivity contribution in [2.45, 2.75) is 58.3 Å². The Labute approximate surface area is 215 Å². The van der Waals surface area contributed by atoms with Crippen molar-refractivity contribution in [2.75, 3.05) is 18.0 Å². The van der Waals surface area contributed by atoms with E-state index in [2.05, 4.69) is 15.1 Å². The van der Waals surface area contributed by atoms with Gasteiger partial charge in [-0.1, -0.05) is 29.8 Å². The van der Waals surface area contributed by atoms with Crippen LogP contribution < -0.4 is 15.8 Å². The number of hydrogen-bond donors (Lipinski definition) is 1. The SMILES string of the molecule is [C-]#[N+]Cc1cc2nc(N3CCC[C@@H](NC(=O)OC(C)(C)C)C3)n(Cc3ccccc3Cl)c2c(=O)n1C. The maximum atomic E-state index is 13.4. The molecular formula is C26H31ClN6O3. The molecule has 190 valence electrons. The van der Waals surface area contributed by atoms with Crippen LogP contribution in [-0.4, -0.2) is 44.9 Å². The van der Waals surface area contributed by atoms with Gasteiger partial charge in [0.1, 0.15) is 16.8 Å². The van der Waals surface area contributed by atoms with Gasteiger partial charge in [-0.2, -0.15) is 0 Å². The molecule has 1 amide bonds. The highest BCUT2D eigenvalue weighted by atomic mass is 35.5. The highest BCUT2D eigenvalue weighted by Gasteiger charge is 2.28. The molecule has 1 fully saturated rings. The molecule has 0 bridgehead atoms. The second kappa shape index (κ2) is 10.2. The van der Waals surface area contributed by atoms with Crippen molar-refractivity contribution in [1.82, 2.24) is 19.4 Å². The van der Waals surface area contributed by atoms with Gasteiger partial charge in [0, 0.05) is 31.2 Å². The topological polar surface area (TPSA) is 85.8 Å². The van der Waals surface area contributed by atoms with Crippen LogP contribution in [0.1, 0.15) is 44.9 Å². The van der Waals surface area contributed by atoms with Crippen molar-refractivity contribution >= 4 is 34.7 Å². The van der Waals surface area contributed by atoms with Crippen LogP contribution in [-0.2, 0) is 24.9 Å². The molecule has 1 saturated heterocycles. The summed E-state index contributed by atoms with van der Waals surface area (Å²) >= 11 is 6.48. The number of piperidine rings is 1. The first-order chi connectivity index (χ1) is 17.1. The van der Waals surface area contributed by atoms with Crippen LogP contribution in [0.5, 0.6) is 0 Å². The number of aromatic nitrogens is 3. The van der Waals surface area contributed by atoms with E-state index < -0.39 is 11.7 Å². The van der Waals surface area contributed by atoms with Gasteiger partial charge in [0.05, 0.1) is 12.1 Å². The van der Waals surface area contributed by atoms with Crippen LogP contribution in [0.15, 0.2) is 35.1 Å². The highest BCUT2D eigenvalue weighted by molar-refractivity contribution is 6.31. The fourth-order valence-electron chi connectivity index (χ4n) is 4.50. The lowest BCUT2D eigenvalue weighted by atomic mass is 10.1. The lowest BCUT2D eigenvalue weighted by molar-refractivity contribution is 0.0500. The van der Waals surface area contributed by atoms with Crippen molar-refractivity contribution in [3.8, 4) is 0 Å². The number of nitrogens with one attached hydrogen (secondary N) is 1. The van der Waals surface area contributed by atoms with Gasteiger partial charge in [-0.25, -0.2) is 16.4 Å². The van der Waals surface area contributed by atoms with Crippen molar-refractivity contribution < 1.29 is 9.53 Å². The van der Waals surface area contributed by atoms with E-state index in [9.17, 15) is 9.59 Å². The van der Waals surface area contributed by atoms with Crippen LogP contribution in [0.3, 0.4) is 0 Å². The zero-order chi connectivity index (χ0) is 26.0. The highest BCUT2D eigenvalue weighted by Crippen LogP contribution is 2.27. The third kappa shape index (κ3) is 5.49. The normalized spacial score (nSPS) is 16.1. The Kier molecular flexibility index (Phi) is 7.27. The number of rotatable bonds is 5. The van der Waals surface area contributed by atoms with E-state index in [0.717, 1.165) is 24.9 Å². The molecule has 36 heavy (non-hydrogen) atoms. The molecular weight excluding hydrogens is 480 g/mol. The van der Waals surface area contributed by atoms with E-state index in [1.54, 1.807) is 7.05 Å². The first kappa shape index (κ1) is 25.6. The average molecular weight is 511 g/mol. The predicted octanol–water partition coefficient (Wildman–Crippen LogP) is 4.35. The van der Waals surface area contributed by atoms with Crippen LogP contribution in [0.2, 0.25) is 5.02 Å². The fourth-order valence-corrected chi connectivity index (χ4v) is 4.70. The summed E-state index contributed by atoms with van der Waals surface area (Å²) in [7, 11) is 1.68. The summed E-state index contributed by atoms with van der Waals surface area (Å²) in [6.07, 6.45) is 1.21. The van der Waals surface area contributed by atoms with Crippen molar-refractivity contribution in [1.29, 1.82) is 0 Å². The lowest BCUT2D eigenvalue weighted by Crippen LogP contribution is -2.49. The van der Waals surface area contributed by atoms with Gasteiger partial charge in [-0.15, -0.1) is 0 Å². The van der Waals surface area contributed by atoms with E-state index in [1.165, 1.54) is 4.57 Å². The summed E-state index contributed by atoms with van der Waals surface area (Å²) in [5, 5.41) is 3.58. The van der Waals surface area contributed by atoms with Gasteiger partial charge in [0.25, 0.3) is 12.1 Å². The van der Waals surface area contributed by atoms with E-state index in [4.69, 9.17) is 27.9 Å². The van der Waals surface area contributed by atoms with Gasteiger partial charge in [-0.3, -0.25) is 4.79 Å². The number of fused-ring (bicyclic) bond motifs is 1. The predicted molar refractivity (Wildman–Crippen MR) is 140 cm³/mol. The number of halogens is 1. The van der Waals surface area contributed by atoms with Gasteiger partial charge in [0.15, 0.2) is 0 Å². The summed E-state index contributed by atoms with van der Waals surface area (Å²) in [6, 6.07) is 9.21. The molecule has 1 aliphatic rings. The number of alkyl carbamates (subject to hydrolysis) is 1. The maximum Gasteiger partial charge on any atom is 0.407 e. The Hall–Kier alpha value is -3.51. The number of pyridine rings is 1. The molecule has 1 N–H and O–H groups in total. The smallest absolute Gasteiger partial charge is 0.407 e. The van der Waals surface area contributed by atoms with E-state index >= 15 is 0 Å². The number of anilines is 1. The molecule has 0 saturated carbocycles. The molecule has 0 radical (unpaired) electrons. The summed E-state index contributed by atoms with van der Waals surface area (Å²) in [6.45, 7) is 14.5. The van der Waals surface area contributed by atoms with Gasteiger partial charge in [0.2, 0.25) is 5.95 Å². The number of carbonyl (C=O) groups is 1. The maximum absolute atomic E-state index is 13.4. The Morgan fingerprint density at radius 2 is 2.08 bits per heavy atom. The van der Waals surface area contributed by atoms with Gasteiger partial charge in [-0.05, 0) is 51.3 Å². The van der Waals surface area contributed by atoms with E-state index in [-0.39, 0.29) is 18.1 Å². The third-order valence-electron chi connectivity index (χ3n) is 6.17. The number of carbonyl (C=O) groups excluding carboxylic acids is 1. The molecule has 1 atom stereocenters. The molecule has 3 aromatic rings. The van der Waals surface area contributed by atoms with Crippen molar-refractivity contribution in [3.63, 3.8) is 0 Å². The van der Waals surface area contributed by atoms with Crippen molar-refractivity contribution in [2.24, 2.45) is 7.05 Å². The van der Waals surface area contributed by atoms with Crippen LogP contribution in [0, 0.1) is 6.57 Å². The second-order valence-corrected chi connectivity index (χ2v) is 10.5. The summed E-state index contributed by atoms with van der Waals surface area (Å²) in [5.74, 6) is 0.637. The minimum Gasteiger partial charge on any atom is -0.444 e. The van der Waals surface area contributed by atoms with Gasteiger partial charge >= 0.3 is 6.09 Å². The molecule has 0 unspecified atom stereocenters. The number of nitrogens with zero attached hydrogens (tertiary/aromatic N) is 5.